The molecule has 3 aromatic rings. The van der Waals surface area contributed by atoms with Gasteiger partial charge in [0.15, 0.2) is 6.10 Å². The number of hydrogen-bond donors (Lipinski definition) is 1. The minimum absolute atomic E-state index is 0.0548. The minimum Gasteiger partial charge on any atom is -0.479 e. The predicted octanol–water partition coefficient (Wildman–Crippen LogP) is 3.90. The zero-order valence-electron chi connectivity index (χ0n) is 20.4. The Labute approximate surface area is 211 Å². The van der Waals surface area contributed by atoms with Crippen molar-refractivity contribution in [2.75, 3.05) is 49.6 Å². The molecule has 1 N–H and O–H groups in total. The standard InChI is InChI=1S/C29H31N3O4/c1-21-29(34)32(15-14-31-16-18-35-19-17-31)25-13-12-24(20-26(25)36-21)30-28(33)27(22-8-4-2-5-9-22)23-10-6-3-7-11-23/h2-13,20-21,27H,14-19H2,1H3,(H,30,33). The van der Waals surface area contributed by atoms with E-state index >= 15 is 0 Å². The number of carbonyl (C=O) groups is 2. The maximum Gasteiger partial charge on any atom is 0.267 e. The average molecular weight is 486 g/mol. The van der Waals surface area contributed by atoms with E-state index in [1.807, 2.05) is 78.9 Å². The van der Waals surface area contributed by atoms with Crippen LogP contribution in [0.1, 0.15) is 24.0 Å². The summed E-state index contributed by atoms with van der Waals surface area (Å²) in [6, 6.07) is 25.0. The normalized spacial score (nSPS) is 18.0. The van der Waals surface area contributed by atoms with Gasteiger partial charge in [-0.3, -0.25) is 14.5 Å². The second kappa shape index (κ2) is 10.9. The predicted molar refractivity (Wildman–Crippen MR) is 140 cm³/mol. The van der Waals surface area contributed by atoms with E-state index in [4.69, 9.17) is 9.47 Å². The molecule has 1 fully saturated rings. The Kier molecular flexibility index (Phi) is 7.30. The van der Waals surface area contributed by atoms with Crippen molar-refractivity contribution in [2.45, 2.75) is 18.9 Å². The van der Waals surface area contributed by atoms with Crippen LogP contribution >= 0.6 is 0 Å². The van der Waals surface area contributed by atoms with Crippen molar-refractivity contribution < 1.29 is 19.1 Å². The number of ether oxygens (including phenoxy) is 2. The molecule has 0 radical (unpaired) electrons. The lowest BCUT2D eigenvalue weighted by Gasteiger charge is -2.35. The van der Waals surface area contributed by atoms with Gasteiger partial charge in [-0.25, -0.2) is 0 Å². The fraction of sp³-hybridized carbons (Fsp3) is 0.310. The van der Waals surface area contributed by atoms with Gasteiger partial charge in [0.2, 0.25) is 5.91 Å². The van der Waals surface area contributed by atoms with Gasteiger partial charge in [0.05, 0.1) is 24.8 Å². The number of rotatable bonds is 7. The summed E-state index contributed by atoms with van der Waals surface area (Å²) in [5, 5.41) is 3.07. The number of hydrogen-bond acceptors (Lipinski definition) is 5. The van der Waals surface area contributed by atoms with Crippen LogP contribution in [0.3, 0.4) is 0 Å². The van der Waals surface area contributed by atoms with Crippen LogP contribution < -0.4 is 15.0 Å². The Morgan fingerprint density at radius 3 is 2.22 bits per heavy atom. The first-order valence-electron chi connectivity index (χ1n) is 12.4. The molecule has 3 aromatic carbocycles. The highest BCUT2D eigenvalue weighted by Crippen LogP contribution is 2.37. The molecule has 186 valence electrons. The number of carbonyl (C=O) groups excluding carboxylic acids is 2. The van der Waals surface area contributed by atoms with Gasteiger partial charge in [0.25, 0.3) is 5.91 Å². The number of anilines is 2. The van der Waals surface area contributed by atoms with E-state index < -0.39 is 12.0 Å². The summed E-state index contributed by atoms with van der Waals surface area (Å²) in [6.45, 7) is 6.30. The Morgan fingerprint density at radius 2 is 1.58 bits per heavy atom. The van der Waals surface area contributed by atoms with E-state index in [2.05, 4.69) is 10.2 Å². The Morgan fingerprint density at radius 1 is 0.944 bits per heavy atom. The number of nitrogens with zero attached hydrogens (tertiary/aromatic N) is 2. The third-order valence-corrected chi connectivity index (χ3v) is 6.71. The molecule has 2 aliphatic heterocycles. The van der Waals surface area contributed by atoms with Crippen molar-refractivity contribution in [2.24, 2.45) is 0 Å². The summed E-state index contributed by atoms with van der Waals surface area (Å²) in [6.07, 6.45) is -0.588. The van der Waals surface area contributed by atoms with Crippen molar-refractivity contribution in [3.8, 4) is 5.75 Å². The molecule has 7 heteroatoms. The van der Waals surface area contributed by atoms with E-state index in [-0.39, 0.29) is 11.8 Å². The van der Waals surface area contributed by atoms with Crippen molar-refractivity contribution >= 4 is 23.2 Å². The summed E-state index contributed by atoms with van der Waals surface area (Å²) in [5.74, 6) is -0.0371. The van der Waals surface area contributed by atoms with Crippen LogP contribution in [0.2, 0.25) is 0 Å². The number of fused-ring (bicyclic) bond motifs is 1. The molecule has 2 amide bonds. The third-order valence-electron chi connectivity index (χ3n) is 6.71. The number of amides is 2. The summed E-state index contributed by atoms with van der Waals surface area (Å²) in [5.41, 5.74) is 3.20. The maximum absolute atomic E-state index is 13.5. The fourth-order valence-corrected chi connectivity index (χ4v) is 4.79. The summed E-state index contributed by atoms with van der Waals surface area (Å²) in [7, 11) is 0. The zero-order chi connectivity index (χ0) is 24.9. The first-order chi connectivity index (χ1) is 17.6. The number of benzene rings is 3. The molecular formula is C29H31N3O4. The van der Waals surface area contributed by atoms with E-state index in [0.717, 1.165) is 49.7 Å². The Balaban J connectivity index is 1.36. The van der Waals surface area contributed by atoms with E-state index in [1.165, 1.54) is 0 Å². The largest absolute Gasteiger partial charge is 0.479 e. The van der Waals surface area contributed by atoms with Crippen LogP contribution in [0, 0.1) is 0 Å². The molecular weight excluding hydrogens is 454 g/mol. The molecule has 0 bridgehead atoms. The second-order valence-corrected chi connectivity index (χ2v) is 9.13. The molecule has 1 atom stereocenters. The van der Waals surface area contributed by atoms with Crippen LogP contribution in [0.4, 0.5) is 11.4 Å². The monoisotopic (exact) mass is 485 g/mol. The second-order valence-electron chi connectivity index (χ2n) is 9.13. The summed E-state index contributed by atoms with van der Waals surface area (Å²) < 4.78 is 11.4. The summed E-state index contributed by atoms with van der Waals surface area (Å²) in [4.78, 5) is 30.5. The number of nitrogens with one attached hydrogen (secondary N) is 1. The van der Waals surface area contributed by atoms with E-state index in [1.54, 1.807) is 11.8 Å². The molecule has 2 aliphatic rings. The minimum atomic E-state index is -0.588. The number of morpholine rings is 1. The average Bonchev–Trinajstić information content (AvgIpc) is 2.91. The van der Waals surface area contributed by atoms with Crippen molar-refractivity contribution in [1.82, 2.24) is 4.90 Å². The molecule has 0 aliphatic carbocycles. The van der Waals surface area contributed by atoms with Gasteiger partial charge in [-0.1, -0.05) is 60.7 Å². The molecule has 0 saturated carbocycles. The van der Waals surface area contributed by atoms with Crippen molar-refractivity contribution in [3.05, 3.63) is 90.0 Å². The van der Waals surface area contributed by atoms with E-state index in [9.17, 15) is 9.59 Å². The van der Waals surface area contributed by atoms with Gasteiger partial charge >= 0.3 is 0 Å². The molecule has 1 unspecified atom stereocenters. The smallest absolute Gasteiger partial charge is 0.267 e. The van der Waals surface area contributed by atoms with Crippen LogP contribution in [0.25, 0.3) is 0 Å². The third kappa shape index (κ3) is 5.27. The lowest BCUT2D eigenvalue weighted by atomic mass is 9.90. The quantitative estimate of drug-likeness (QED) is 0.550. The molecule has 2 heterocycles. The maximum atomic E-state index is 13.5. The highest BCUT2D eigenvalue weighted by Gasteiger charge is 2.32. The Bertz CT molecular complexity index is 1160. The highest BCUT2D eigenvalue weighted by molar-refractivity contribution is 6.02. The van der Waals surface area contributed by atoms with Gasteiger partial charge in [-0.15, -0.1) is 0 Å². The van der Waals surface area contributed by atoms with Gasteiger partial charge in [-0.2, -0.15) is 0 Å². The molecule has 0 spiro atoms. The fourth-order valence-electron chi connectivity index (χ4n) is 4.79. The van der Waals surface area contributed by atoms with Crippen molar-refractivity contribution in [3.63, 3.8) is 0 Å². The first-order valence-corrected chi connectivity index (χ1v) is 12.4. The molecule has 5 rings (SSSR count). The van der Waals surface area contributed by atoms with Crippen LogP contribution in [0.15, 0.2) is 78.9 Å². The lowest BCUT2D eigenvalue weighted by Crippen LogP contribution is -2.48. The van der Waals surface area contributed by atoms with Crippen LogP contribution in [-0.2, 0) is 14.3 Å². The molecule has 0 aromatic heterocycles. The molecule has 1 saturated heterocycles. The molecule has 7 nitrogen and oxygen atoms in total. The van der Waals surface area contributed by atoms with E-state index in [0.29, 0.717) is 18.0 Å². The van der Waals surface area contributed by atoms with Gasteiger partial charge < -0.3 is 19.7 Å². The highest BCUT2D eigenvalue weighted by atomic mass is 16.5. The first kappa shape index (κ1) is 24.0. The topological polar surface area (TPSA) is 71.1 Å². The zero-order valence-corrected chi connectivity index (χ0v) is 20.4. The van der Waals surface area contributed by atoms with Crippen LogP contribution in [-0.4, -0.2) is 62.2 Å². The van der Waals surface area contributed by atoms with Gasteiger partial charge in [0, 0.05) is 37.9 Å². The Hall–Kier alpha value is -3.68. The van der Waals surface area contributed by atoms with Gasteiger partial charge in [-0.05, 0) is 30.2 Å². The lowest BCUT2D eigenvalue weighted by molar-refractivity contribution is -0.125. The van der Waals surface area contributed by atoms with Gasteiger partial charge in [0.1, 0.15) is 5.75 Å². The molecule has 36 heavy (non-hydrogen) atoms. The van der Waals surface area contributed by atoms with Crippen molar-refractivity contribution in [1.29, 1.82) is 0 Å². The summed E-state index contributed by atoms with van der Waals surface area (Å²) >= 11 is 0. The van der Waals surface area contributed by atoms with Crippen LogP contribution in [0.5, 0.6) is 5.75 Å². The SMILES string of the molecule is CC1Oc2cc(NC(=O)C(c3ccccc3)c3ccccc3)ccc2N(CCN2CCOCC2)C1=O.